The van der Waals surface area contributed by atoms with Gasteiger partial charge in [-0.1, -0.05) is 13.3 Å². The third-order valence-electron chi connectivity index (χ3n) is 2.39. The molecule has 0 heterocycles. The average Bonchev–Trinajstić information content (AvgIpc) is 2.00. The van der Waals surface area contributed by atoms with E-state index in [1.54, 1.807) is 13.8 Å². The van der Waals surface area contributed by atoms with E-state index in [0.717, 1.165) is 6.42 Å². The second-order valence-electron chi connectivity index (χ2n) is 4.79. The zero-order valence-electron chi connectivity index (χ0n) is 10.0. The molecule has 0 radical (unpaired) electrons. The third kappa shape index (κ3) is 3.66. The number of carbonyl (C=O) groups is 1. The molecular formula is C10H19F3N2O. The van der Waals surface area contributed by atoms with Crippen LogP contribution in [-0.4, -0.2) is 23.2 Å². The molecule has 1 amide bonds. The minimum Gasteiger partial charge on any atom is -0.349 e. The molecule has 0 fully saturated rings. The van der Waals surface area contributed by atoms with Crippen molar-refractivity contribution in [3.63, 3.8) is 0 Å². The fraction of sp³-hybridized carbons (Fsp3) is 0.900. The van der Waals surface area contributed by atoms with E-state index < -0.39 is 23.2 Å². The van der Waals surface area contributed by atoms with E-state index in [0.29, 0.717) is 13.3 Å². The van der Waals surface area contributed by atoms with E-state index in [2.05, 4.69) is 5.32 Å². The van der Waals surface area contributed by atoms with Crippen LogP contribution in [0, 0.1) is 0 Å². The maximum absolute atomic E-state index is 12.5. The van der Waals surface area contributed by atoms with Gasteiger partial charge in [-0.3, -0.25) is 4.79 Å². The molecule has 0 aromatic heterocycles. The highest BCUT2D eigenvalue weighted by Gasteiger charge is 2.54. The third-order valence-corrected chi connectivity index (χ3v) is 2.39. The molecule has 0 aliphatic carbocycles. The Morgan fingerprint density at radius 2 is 1.69 bits per heavy atom. The molecule has 0 saturated carbocycles. The predicted molar refractivity (Wildman–Crippen MR) is 55.8 cm³/mol. The Morgan fingerprint density at radius 1 is 1.25 bits per heavy atom. The van der Waals surface area contributed by atoms with Crippen LogP contribution in [0.4, 0.5) is 13.2 Å². The van der Waals surface area contributed by atoms with Gasteiger partial charge < -0.3 is 11.1 Å². The van der Waals surface area contributed by atoms with Crippen molar-refractivity contribution in [3.8, 4) is 0 Å². The molecule has 3 nitrogen and oxygen atoms in total. The maximum atomic E-state index is 12.5. The number of hydrogen-bond donors (Lipinski definition) is 2. The number of rotatable bonds is 4. The van der Waals surface area contributed by atoms with Crippen LogP contribution in [0.5, 0.6) is 0 Å². The van der Waals surface area contributed by atoms with E-state index in [9.17, 15) is 18.0 Å². The number of carbonyl (C=O) groups excluding carboxylic acids is 1. The molecule has 0 bridgehead atoms. The standard InChI is InChI=1S/C10H19F3N2O/c1-5-6-8(2,3)15-7(16)9(4,14)10(11,12)13/h5-6,14H2,1-4H3,(H,15,16). The first-order valence-corrected chi connectivity index (χ1v) is 5.12. The molecule has 0 spiro atoms. The summed E-state index contributed by atoms with van der Waals surface area (Å²) in [5.74, 6) is -1.20. The highest BCUT2D eigenvalue weighted by Crippen LogP contribution is 2.28. The van der Waals surface area contributed by atoms with Gasteiger partial charge in [0.2, 0.25) is 5.91 Å². The molecular weight excluding hydrogens is 221 g/mol. The maximum Gasteiger partial charge on any atom is 0.415 e. The van der Waals surface area contributed by atoms with Gasteiger partial charge in [0.25, 0.3) is 0 Å². The summed E-state index contributed by atoms with van der Waals surface area (Å²) in [5, 5.41) is 2.32. The number of hydrogen-bond acceptors (Lipinski definition) is 2. The monoisotopic (exact) mass is 240 g/mol. The van der Waals surface area contributed by atoms with E-state index >= 15 is 0 Å². The molecule has 0 aromatic rings. The van der Waals surface area contributed by atoms with Crippen molar-refractivity contribution >= 4 is 5.91 Å². The molecule has 6 heteroatoms. The summed E-state index contributed by atoms with van der Waals surface area (Å²) in [4.78, 5) is 11.4. The molecule has 1 unspecified atom stereocenters. The number of halogens is 3. The summed E-state index contributed by atoms with van der Waals surface area (Å²) in [6.07, 6.45) is -3.40. The molecule has 0 aliphatic rings. The van der Waals surface area contributed by atoms with Gasteiger partial charge in [0.05, 0.1) is 0 Å². The van der Waals surface area contributed by atoms with E-state index in [1.807, 2.05) is 6.92 Å². The summed E-state index contributed by atoms with van der Waals surface area (Å²) in [6.45, 7) is 5.89. The Balaban J connectivity index is 4.71. The van der Waals surface area contributed by atoms with Crippen molar-refractivity contribution < 1.29 is 18.0 Å². The zero-order valence-corrected chi connectivity index (χ0v) is 10.0. The van der Waals surface area contributed by atoms with Gasteiger partial charge >= 0.3 is 6.18 Å². The fourth-order valence-corrected chi connectivity index (χ4v) is 1.25. The van der Waals surface area contributed by atoms with Gasteiger partial charge in [-0.05, 0) is 27.2 Å². The summed E-state index contributed by atoms with van der Waals surface area (Å²) in [5.41, 5.74) is 1.47. The van der Waals surface area contributed by atoms with Crippen LogP contribution in [0.1, 0.15) is 40.5 Å². The van der Waals surface area contributed by atoms with Crippen molar-refractivity contribution in [1.29, 1.82) is 0 Å². The molecule has 0 saturated heterocycles. The van der Waals surface area contributed by atoms with Gasteiger partial charge in [-0.15, -0.1) is 0 Å². The van der Waals surface area contributed by atoms with E-state index in [-0.39, 0.29) is 0 Å². The Bertz CT molecular complexity index is 259. The van der Waals surface area contributed by atoms with Gasteiger partial charge in [0, 0.05) is 5.54 Å². The zero-order chi connectivity index (χ0) is 13.2. The highest BCUT2D eigenvalue weighted by atomic mass is 19.4. The lowest BCUT2D eigenvalue weighted by atomic mass is 9.95. The van der Waals surface area contributed by atoms with Gasteiger partial charge in [0.1, 0.15) is 0 Å². The Labute approximate surface area is 93.6 Å². The van der Waals surface area contributed by atoms with Crippen molar-refractivity contribution in [2.45, 2.75) is 57.8 Å². The molecule has 96 valence electrons. The Morgan fingerprint density at radius 3 is 2.00 bits per heavy atom. The first kappa shape index (κ1) is 15.2. The topological polar surface area (TPSA) is 55.1 Å². The van der Waals surface area contributed by atoms with Crippen LogP contribution in [0.25, 0.3) is 0 Å². The summed E-state index contributed by atoms with van der Waals surface area (Å²) >= 11 is 0. The van der Waals surface area contributed by atoms with Crippen molar-refractivity contribution in [2.24, 2.45) is 5.73 Å². The van der Waals surface area contributed by atoms with Gasteiger partial charge in [-0.25, -0.2) is 0 Å². The molecule has 3 N–H and O–H groups in total. The molecule has 1 atom stereocenters. The second-order valence-corrected chi connectivity index (χ2v) is 4.79. The molecule has 0 aliphatic heterocycles. The van der Waals surface area contributed by atoms with E-state index in [4.69, 9.17) is 5.73 Å². The van der Waals surface area contributed by atoms with Crippen LogP contribution < -0.4 is 11.1 Å². The van der Waals surface area contributed by atoms with Crippen molar-refractivity contribution in [3.05, 3.63) is 0 Å². The Hall–Kier alpha value is -0.780. The number of nitrogens with two attached hydrogens (primary N) is 1. The SMILES string of the molecule is CCCC(C)(C)NC(=O)C(C)(N)C(F)(F)F. The lowest BCUT2D eigenvalue weighted by Gasteiger charge is -2.32. The van der Waals surface area contributed by atoms with Crippen LogP contribution in [0.15, 0.2) is 0 Å². The van der Waals surface area contributed by atoms with Crippen LogP contribution in [0.3, 0.4) is 0 Å². The minimum absolute atomic E-state index is 0.590. The normalized spacial score (nSPS) is 16.8. The quantitative estimate of drug-likeness (QED) is 0.789. The summed E-state index contributed by atoms with van der Waals surface area (Å²) in [6, 6.07) is 0. The van der Waals surface area contributed by atoms with Crippen molar-refractivity contribution in [2.75, 3.05) is 0 Å². The smallest absolute Gasteiger partial charge is 0.349 e. The molecule has 0 rings (SSSR count). The number of nitrogens with one attached hydrogen (secondary N) is 1. The number of amides is 1. The van der Waals surface area contributed by atoms with E-state index in [1.165, 1.54) is 0 Å². The summed E-state index contributed by atoms with van der Waals surface area (Å²) < 4.78 is 37.4. The predicted octanol–water partition coefficient (Wildman–Crippen LogP) is 1.96. The second kappa shape index (κ2) is 4.61. The summed E-state index contributed by atoms with van der Waals surface area (Å²) in [7, 11) is 0. The Kier molecular flexibility index (Phi) is 4.38. The lowest BCUT2D eigenvalue weighted by Crippen LogP contribution is -2.64. The largest absolute Gasteiger partial charge is 0.415 e. The van der Waals surface area contributed by atoms with Gasteiger partial charge in [-0.2, -0.15) is 13.2 Å². The fourth-order valence-electron chi connectivity index (χ4n) is 1.25. The first-order chi connectivity index (χ1) is 6.94. The lowest BCUT2D eigenvalue weighted by molar-refractivity contribution is -0.188. The number of alkyl halides is 3. The van der Waals surface area contributed by atoms with Crippen molar-refractivity contribution in [1.82, 2.24) is 5.32 Å². The van der Waals surface area contributed by atoms with Gasteiger partial charge in [0.15, 0.2) is 5.54 Å². The van der Waals surface area contributed by atoms with Crippen LogP contribution in [-0.2, 0) is 4.79 Å². The highest BCUT2D eigenvalue weighted by molar-refractivity contribution is 5.87. The van der Waals surface area contributed by atoms with Crippen LogP contribution in [0.2, 0.25) is 0 Å². The average molecular weight is 240 g/mol. The molecule has 16 heavy (non-hydrogen) atoms. The minimum atomic E-state index is -4.75. The van der Waals surface area contributed by atoms with Crippen LogP contribution >= 0.6 is 0 Å². The first-order valence-electron chi connectivity index (χ1n) is 5.12. The molecule has 0 aromatic carbocycles.